The predicted molar refractivity (Wildman–Crippen MR) is 91.4 cm³/mol. The smallest absolute Gasteiger partial charge is 0.0124 e. The molecule has 0 aliphatic heterocycles. The minimum Gasteiger partial charge on any atom is -0.316 e. The minimum atomic E-state index is 0.611. The second-order valence-electron chi connectivity index (χ2n) is 9.96. The summed E-state index contributed by atoms with van der Waals surface area (Å²) in [6, 6.07) is 0.751. The normalized spacial score (nSPS) is 47.6. The highest BCUT2D eigenvalue weighted by atomic mass is 14.9. The van der Waals surface area contributed by atoms with Crippen molar-refractivity contribution in [3.8, 4) is 0 Å². The molecule has 0 amide bonds. The van der Waals surface area contributed by atoms with Crippen molar-refractivity contribution in [1.82, 2.24) is 5.32 Å². The van der Waals surface area contributed by atoms with Gasteiger partial charge in [0.2, 0.25) is 0 Å². The Morgan fingerprint density at radius 3 is 2.14 bits per heavy atom. The van der Waals surface area contributed by atoms with Crippen molar-refractivity contribution in [3.63, 3.8) is 0 Å². The van der Waals surface area contributed by atoms with Gasteiger partial charge in [-0.25, -0.2) is 0 Å². The van der Waals surface area contributed by atoms with Crippen LogP contribution in [0.5, 0.6) is 0 Å². The van der Waals surface area contributed by atoms with Gasteiger partial charge in [-0.3, -0.25) is 0 Å². The van der Waals surface area contributed by atoms with Gasteiger partial charge in [-0.15, -0.1) is 0 Å². The lowest BCUT2D eigenvalue weighted by molar-refractivity contribution is -0.159. The van der Waals surface area contributed by atoms with Crippen LogP contribution in [0.25, 0.3) is 0 Å². The van der Waals surface area contributed by atoms with Crippen LogP contribution >= 0.6 is 0 Å². The van der Waals surface area contributed by atoms with Gasteiger partial charge in [0.15, 0.2) is 0 Å². The van der Waals surface area contributed by atoms with Gasteiger partial charge in [-0.1, -0.05) is 40.5 Å². The van der Waals surface area contributed by atoms with E-state index in [2.05, 4.69) is 40.1 Å². The summed E-state index contributed by atoms with van der Waals surface area (Å²) in [4.78, 5) is 0. The number of rotatable bonds is 6. The van der Waals surface area contributed by atoms with Crippen molar-refractivity contribution in [2.75, 3.05) is 7.05 Å². The van der Waals surface area contributed by atoms with Crippen LogP contribution in [0.1, 0.15) is 85.5 Å². The van der Waals surface area contributed by atoms with Gasteiger partial charge < -0.3 is 5.32 Å². The van der Waals surface area contributed by atoms with Crippen LogP contribution in [0.3, 0.4) is 0 Å². The zero-order valence-corrected chi connectivity index (χ0v) is 15.1. The molecule has 0 heterocycles. The first-order valence-corrected chi connectivity index (χ1v) is 9.49. The van der Waals surface area contributed by atoms with Gasteiger partial charge in [-0.05, 0) is 80.1 Å². The molecular formula is C20H37N. The van der Waals surface area contributed by atoms with Gasteiger partial charge in [0, 0.05) is 6.04 Å². The van der Waals surface area contributed by atoms with Crippen molar-refractivity contribution < 1.29 is 0 Å². The van der Waals surface area contributed by atoms with Crippen molar-refractivity contribution in [3.05, 3.63) is 0 Å². The highest BCUT2D eigenvalue weighted by Crippen LogP contribution is 2.70. The molecule has 4 aliphatic rings. The summed E-state index contributed by atoms with van der Waals surface area (Å²) in [7, 11) is 2.23. The van der Waals surface area contributed by atoms with Gasteiger partial charge in [0.1, 0.15) is 0 Å². The lowest BCUT2D eigenvalue weighted by Gasteiger charge is -2.67. The van der Waals surface area contributed by atoms with E-state index in [9.17, 15) is 0 Å². The molecule has 1 heteroatoms. The zero-order chi connectivity index (χ0) is 15.3. The second kappa shape index (κ2) is 5.25. The third-order valence-corrected chi connectivity index (χ3v) is 7.18. The molecule has 0 spiro atoms. The van der Waals surface area contributed by atoms with Crippen molar-refractivity contribution in [1.29, 1.82) is 0 Å². The summed E-state index contributed by atoms with van der Waals surface area (Å²) < 4.78 is 0. The molecule has 0 saturated heterocycles. The van der Waals surface area contributed by atoms with Crippen LogP contribution in [0.15, 0.2) is 0 Å². The molecule has 1 nitrogen and oxygen atoms in total. The molecule has 0 aromatic rings. The molecule has 4 bridgehead atoms. The summed E-state index contributed by atoms with van der Waals surface area (Å²) in [6.07, 6.45) is 13.2. The Morgan fingerprint density at radius 2 is 1.67 bits per heavy atom. The number of nitrogens with one attached hydrogen (secondary N) is 1. The summed E-state index contributed by atoms with van der Waals surface area (Å²) in [5, 5.41) is 3.78. The Labute approximate surface area is 132 Å². The molecule has 4 rings (SSSR count). The minimum absolute atomic E-state index is 0.611. The molecule has 0 aromatic carbocycles. The topological polar surface area (TPSA) is 12.0 Å². The molecule has 4 saturated carbocycles. The Morgan fingerprint density at radius 1 is 1.05 bits per heavy atom. The van der Waals surface area contributed by atoms with E-state index in [-0.39, 0.29) is 0 Å². The fourth-order valence-electron chi connectivity index (χ4n) is 7.61. The average Bonchev–Trinajstić information content (AvgIpc) is 2.31. The fourth-order valence-corrected chi connectivity index (χ4v) is 7.61. The molecule has 4 atom stereocenters. The van der Waals surface area contributed by atoms with E-state index in [0.29, 0.717) is 16.2 Å². The van der Waals surface area contributed by atoms with E-state index < -0.39 is 0 Å². The number of hydrogen-bond donors (Lipinski definition) is 1. The highest BCUT2D eigenvalue weighted by molar-refractivity contribution is 5.13. The van der Waals surface area contributed by atoms with E-state index in [1.54, 1.807) is 0 Å². The molecular weight excluding hydrogens is 254 g/mol. The fraction of sp³-hybridized carbons (Fsp3) is 1.00. The Balaban J connectivity index is 1.82. The first-order chi connectivity index (χ1) is 9.82. The standard InChI is InChI=1S/C20H37N/c1-6-7-15(2)8-17(21-5)20-11-16-9-18(3,13-20)12-19(4,10-16)14-20/h15-17,21H,6-14H2,1-5H3. The maximum Gasteiger partial charge on any atom is 0.0124 e. The Hall–Kier alpha value is -0.0400. The Kier molecular flexibility index (Phi) is 3.96. The van der Waals surface area contributed by atoms with Crippen LogP contribution in [-0.2, 0) is 0 Å². The van der Waals surface area contributed by atoms with E-state index in [0.717, 1.165) is 17.9 Å². The molecule has 4 unspecified atom stereocenters. The monoisotopic (exact) mass is 291 g/mol. The zero-order valence-electron chi connectivity index (χ0n) is 15.1. The van der Waals surface area contributed by atoms with Crippen molar-refractivity contribution in [2.24, 2.45) is 28.1 Å². The predicted octanol–water partition coefficient (Wildman–Crippen LogP) is 5.40. The van der Waals surface area contributed by atoms with Gasteiger partial charge >= 0.3 is 0 Å². The summed E-state index contributed by atoms with van der Waals surface area (Å²) >= 11 is 0. The van der Waals surface area contributed by atoms with Crippen molar-refractivity contribution >= 4 is 0 Å². The van der Waals surface area contributed by atoms with E-state index >= 15 is 0 Å². The third-order valence-electron chi connectivity index (χ3n) is 7.18. The van der Waals surface area contributed by atoms with Crippen LogP contribution in [0.2, 0.25) is 0 Å². The summed E-state index contributed by atoms with van der Waals surface area (Å²) in [6.45, 7) is 10.0. The van der Waals surface area contributed by atoms with Gasteiger partial charge in [0.05, 0.1) is 0 Å². The van der Waals surface area contributed by atoms with E-state index in [1.165, 1.54) is 57.8 Å². The Bertz CT molecular complexity index is 369. The first kappa shape index (κ1) is 15.8. The van der Waals surface area contributed by atoms with Crippen LogP contribution in [0, 0.1) is 28.1 Å². The molecule has 0 radical (unpaired) electrons. The van der Waals surface area contributed by atoms with Crippen LogP contribution in [-0.4, -0.2) is 13.1 Å². The summed E-state index contributed by atoms with van der Waals surface area (Å²) in [5.41, 5.74) is 1.91. The molecule has 122 valence electrons. The lowest BCUT2D eigenvalue weighted by atomic mass is 9.39. The van der Waals surface area contributed by atoms with E-state index in [1.807, 2.05) is 0 Å². The quantitative estimate of drug-likeness (QED) is 0.691. The van der Waals surface area contributed by atoms with Crippen LogP contribution in [0.4, 0.5) is 0 Å². The largest absolute Gasteiger partial charge is 0.316 e. The highest BCUT2D eigenvalue weighted by Gasteiger charge is 2.61. The SMILES string of the molecule is CCCC(C)CC(NC)C12CC3CC(C)(CC(C)(C3)C1)C2. The van der Waals surface area contributed by atoms with Gasteiger partial charge in [-0.2, -0.15) is 0 Å². The summed E-state index contributed by atoms with van der Waals surface area (Å²) in [5.74, 6) is 1.90. The second-order valence-corrected chi connectivity index (χ2v) is 9.96. The van der Waals surface area contributed by atoms with Crippen molar-refractivity contribution in [2.45, 2.75) is 91.5 Å². The molecule has 4 aliphatic carbocycles. The van der Waals surface area contributed by atoms with E-state index in [4.69, 9.17) is 0 Å². The first-order valence-electron chi connectivity index (χ1n) is 9.49. The molecule has 4 fully saturated rings. The molecule has 1 N–H and O–H groups in total. The van der Waals surface area contributed by atoms with Gasteiger partial charge in [0.25, 0.3) is 0 Å². The maximum absolute atomic E-state index is 3.78. The average molecular weight is 292 g/mol. The third kappa shape index (κ3) is 2.80. The lowest BCUT2D eigenvalue weighted by Crippen LogP contribution is -2.61. The number of hydrogen-bond acceptors (Lipinski definition) is 1. The maximum atomic E-state index is 3.78. The molecule has 21 heavy (non-hydrogen) atoms. The van der Waals surface area contributed by atoms with Crippen LogP contribution < -0.4 is 5.32 Å². The molecule has 0 aromatic heterocycles.